The van der Waals surface area contributed by atoms with Crippen LogP contribution in [-0.4, -0.2) is 21.0 Å². The Balaban J connectivity index is 1.54. The summed E-state index contributed by atoms with van der Waals surface area (Å²) in [5, 5.41) is 13.1. The number of furan rings is 1. The zero-order chi connectivity index (χ0) is 25.7. The molecular weight excluding hydrogens is 478 g/mol. The van der Waals surface area contributed by atoms with Gasteiger partial charge in [-0.1, -0.05) is 18.2 Å². The van der Waals surface area contributed by atoms with Gasteiger partial charge >= 0.3 is 5.97 Å². The van der Waals surface area contributed by atoms with Crippen molar-refractivity contribution in [2.45, 2.75) is 31.7 Å². The first-order valence-corrected chi connectivity index (χ1v) is 12.8. The number of hydrogen-bond donors (Lipinski definition) is 2. The van der Waals surface area contributed by atoms with Crippen LogP contribution in [0.3, 0.4) is 0 Å². The van der Waals surface area contributed by atoms with Gasteiger partial charge < -0.3 is 14.5 Å². The number of carbonyl (C=O) groups excluding carboxylic acids is 1. The molecule has 4 aromatic rings. The number of fused-ring (bicyclic) bond motifs is 1. The molecule has 0 fully saturated rings. The number of aryl methyl sites for hydroxylation is 1. The second-order valence-electron chi connectivity index (χ2n) is 8.10. The molecule has 0 radical (unpaired) electrons. The monoisotopic (exact) mass is 503 g/mol. The summed E-state index contributed by atoms with van der Waals surface area (Å²) < 4.78 is 39.9. The molecule has 0 saturated carbocycles. The third kappa shape index (κ3) is 5.50. The number of esters is 1. The maximum absolute atomic E-state index is 13.2. The topological polar surface area (TPSA) is 121 Å². The molecule has 0 bridgehead atoms. The van der Waals surface area contributed by atoms with Crippen molar-refractivity contribution in [3.63, 3.8) is 0 Å². The molecule has 2 N–H and O–H groups in total. The largest absolute Gasteiger partial charge is 0.466 e. The molecule has 4 rings (SSSR count). The average molecular weight is 504 g/mol. The Morgan fingerprint density at radius 3 is 2.50 bits per heavy atom. The molecule has 0 aliphatic heterocycles. The van der Waals surface area contributed by atoms with Crippen molar-refractivity contribution in [1.82, 2.24) is 0 Å². The van der Waals surface area contributed by atoms with E-state index < -0.39 is 16.0 Å². The van der Waals surface area contributed by atoms with E-state index in [2.05, 4.69) is 16.1 Å². The lowest BCUT2D eigenvalue weighted by Crippen LogP contribution is -2.17. The molecule has 0 spiro atoms. The van der Waals surface area contributed by atoms with Gasteiger partial charge in [0.2, 0.25) is 0 Å². The fourth-order valence-corrected chi connectivity index (χ4v) is 5.13. The number of ether oxygens (including phenoxy) is 1. The number of carbonyl (C=O) groups is 1. The van der Waals surface area contributed by atoms with Crippen LogP contribution in [0.5, 0.6) is 0 Å². The van der Waals surface area contributed by atoms with Crippen molar-refractivity contribution in [3.05, 3.63) is 89.2 Å². The van der Waals surface area contributed by atoms with Crippen LogP contribution in [0.2, 0.25) is 0 Å². The SMILES string of the molecule is CCOC(=O)Cc1ccccc1S(=O)(=O)Nc1ccc2c(C)c(CNc3ccc(C#N)cc3)oc2c1. The van der Waals surface area contributed by atoms with Gasteiger partial charge in [-0.3, -0.25) is 9.52 Å². The van der Waals surface area contributed by atoms with E-state index in [4.69, 9.17) is 14.4 Å². The van der Waals surface area contributed by atoms with Crippen molar-refractivity contribution in [2.24, 2.45) is 0 Å². The van der Waals surface area contributed by atoms with Gasteiger partial charge in [-0.2, -0.15) is 5.26 Å². The molecular formula is C27H25N3O5S. The zero-order valence-corrected chi connectivity index (χ0v) is 20.7. The molecule has 0 atom stereocenters. The minimum atomic E-state index is -3.96. The molecule has 0 aliphatic rings. The molecule has 0 amide bonds. The van der Waals surface area contributed by atoms with Crippen LogP contribution in [0, 0.1) is 18.3 Å². The summed E-state index contributed by atoms with van der Waals surface area (Å²) in [6.45, 7) is 4.29. The minimum absolute atomic E-state index is 0.0149. The fourth-order valence-electron chi connectivity index (χ4n) is 3.84. The second-order valence-corrected chi connectivity index (χ2v) is 9.75. The van der Waals surface area contributed by atoms with Crippen LogP contribution >= 0.6 is 0 Å². The van der Waals surface area contributed by atoms with E-state index in [9.17, 15) is 13.2 Å². The quantitative estimate of drug-likeness (QED) is 0.304. The Labute approximate surface area is 209 Å². The third-order valence-electron chi connectivity index (χ3n) is 5.66. The molecule has 3 aromatic carbocycles. The number of nitriles is 1. The van der Waals surface area contributed by atoms with Crippen molar-refractivity contribution in [3.8, 4) is 6.07 Å². The summed E-state index contributed by atoms with van der Waals surface area (Å²) in [5.41, 5.74) is 3.62. The maximum atomic E-state index is 13.2. The Morgan fingerprint density at radius 1 is 1.06 bits per heavy atom. The molecule has 0 unspecified atom stereocenters. The molecule has 184 valence electrons. The number of hydrogen-bond acceptors (Lipinski definition) is 7. The van der Waals surface area contributed by atoms with Crippen molar-refractivity contribution in [2.75, 3.05) is 16.6 Å². The average Bonchev–Trinajstić information content (AvgIpc) is 3.17. The highest BCUT2D eigenvalue weighted by Gasteiger charge is 2.21. The summed E-state index contributed by atoms with van der Waals surface area (Å²) in [6, 6.07) is 20.7. The highest BCUT2D eigenvalue weighted by molar-refractivity contribution is 7.92. The van der Waals surface area contributed by atoms with E-state index in [-0.39, 0.29) is 17.9 Å². The van der Waals surface area contributed by atoms with Gasteiger partial charge in [-0.05, 0) is 61.9 Å². The minimum Gasteiger partial charge on any atom is -0.466 e. The summed E-state index contributed by atoms with van der Waals surface area (Å²) in [4.78, 5) is 12.0. The van der Waals surface area contributed by atoms with Crippen molar-refractivity contribution >= 4 is 38.3 Å². The Morgan fingerprint density at radius 2 is 1.78 bits per heavy atom. The van der Waals surface area contributed by atoms with E-state index in [0.717, 1.165) is 16.6 Å². The molecule has 0 aliphatic carbocycles. The van der Waals surface area contributed by atoms with Crippen LogP contribution in [-0.2, 0) is 32.5 Å². The van der Waals surface area contributed by atoms with Gasteiger partial charge in [0.25, 0.3) is 10.0 Å². The van der Waals surface area contributed by atoms with E-state index in [1.165, 1.54) is 6.07 Å². The number of rotatable bonds is 9. The van der Waals surface area contributed by atoms with E-state index in [0.29, 0.717) is 34.7 Å². The number of benzene rings is 3. The lowest BCUT2D eigenvalue weighted by Gasteiger charge is -2.12. The van der Waals surface area contributed by atoms with Gasteiger partial charge in [0, 0.05) is 22.7 Å². The maximum Gasteiger partial charge on any atom is 0.310 e. The number of nitrogens with zero attached hydrogens (tertiary/aromatic N) is 1. The van der Waals surface area contributed by atoms with Gasteiger partial charge in [0.1, 0.15) is 11.3 Å². The second kappa shape index (κ2) is 10.5. The molecule has 1 aromatic heterocycles. The molecule has 0 saturated heterocycles. The molecule has 1 heterocycles. The van der Waals surface area contributed by atoms with Crippen LogP contribution in [0.25, 0.3) is 11.0 Å². The van der Waals surface area contributed by atoms with Crippen LogP contribution in [0.4, 0.5) is 11.4 Å². The third-order valence-corrected chi connectivity index (χ3v) is 7.14. The van der Waals surface area contributed by atoms with Gasteiger partial charge in [-0.25, -0.2) is 8.42 Å². The lowest BCUT2D eigenvalue weighted by molar-refractivity contribution is -0.142. The number of sulfonamides is 1. The first kappa shape index (κ1) is 24.8. The van der Waals surface area contributed by atoms with Crippen molar-refractivity contribution in [1.29, 1.82) is 5.26 Å². The normalized spacial score (nSPS) is 11.1. The summed E-state index contributed by atoms with van der Waals surface area (Å²) in [5.74, 6) is 0.226. The predicted molar refractivity (Wildman–Crippen MR) is 137 cm³/mol. The van der Waals surface area contributed by atoms with Gasteiger partial charge in [0.05, 0.1) is 41.8 Å². The predicted octanol–water partition coefficient (Wildman–Crippen LogP) is 5.13. The van der Waals surface area contributed by atoms with Crippen LogP contribution < -0.4 is 10.0 Å². The molecule has 36 heavy (non-hydrogen) atoms. The van der Waals surface area contributed by atoms with Gasteiger partial charge in [-0.15, -0.1) is 0 Å². The first-order valence-electron chi connectivity index (χ1n) is 11.3. The zero-order valence-electron chi connectivity index (χ0n) is 19.9. The van der Waals surface area contributed by atoms with E-state index in [1.54, 1.807) is 49.4 Å². The van der Waals surface area contributed by atoms with Crippen LogP contribution in [0.1, 0.15) is 29.4 Å². The summed E-state index contributed by atoms with van der Waals surface area (Å²) in [7, 11) is -3.96. The fraction of sp³-hybridized carbons (Fsp3) is 0.185. The number of anilines is 2. The molecule has 9 heteroatoms. The summed E-state index contributed by atoms with van der Waals surface area (Å²) >= 11 is 0. The van der Waals surface area contributed by atoms with Crippen molar-refractivity contribution < 1.29 is 22.4 Å². The van der Waals surface area contributed by atoms with Crippen LogP contribution in [0.15, 0.2) is 76.0 Å². The Kier molecular flexibility index (Phi) is 7.27. The Hall–Kier alpha value is -4.29. The first-order chi connectivity index (χ1) is 17.3. The number of nitrogens with one attached hydrogen (secondary N) is 2. The smallest absolute Gasteiger partial charge is 0.310 e. The highest BCUT2D eigenvalue weighted by Crippen LogP contribution is 2.30. The van der Waals surface area contributed by atoms with E-state index >= 15 is 0 Å². The Bertz CT molecular complexity index is 1550. The summed E-state index contributed by atoms with van der Waals surface area (Å²) in [6.07, 6.45) is -0.142. The van der Waals surface area contributed by atoms with E-state index in [1.807, 2.05) is 25.1 Å². The standard InChI is InChI=1S/C27H25N3O5S/c1-3-34-27(31)14-20-6-4-5-7-26(20)36(32,33)30-22-12-13-23-18(2)25(35-24(23)15-22)17-29-21-10-8-19(16-28)9-11-21/h4-13,15,29-30H,3,14,17H2,1-2H3. The lowest BCUT2D eigenvalue weighted by atomic mass is 10.1. The highest BCUT2D eigenvalue weighted by atomic mass is 32.2. The van der Waals surface area contributed by atoms with Gasteiger partial charge in [0.15, 0.2) is 0 Å². The molecule has 8 nitrogen and oxygen atoms in total.